The topological polar surface area (TPSA) is 66.4 Å². The van der Waals surface area contributed by atoms with E-state index >= 15 is 0 Å². The van der Waals surface area contributed by atoms with Gasteiger partial charge in [-0.05, 0) is 49.7 Å². The predicted octanol–water partition coefficient (Wildman–Crippen LogP) is 4.79. The van der Waals surface area contributed by atoms with Crippen molar-refractivity contribution in [3.05, 3.63) is 71.8 Å². The third-order valence-corrected chi connectivity index (χ3v) is 8.13. The summed E-state index contributed by atoms with van der Waals surface area (Å²) in [6, 6.07) is 10.1. The fourth-order valence-electron chi connectivity index (χ4n) is 6.19. The van der Waals surface area contributed by atoms with Crippen LogP contribution in [-0.2, 0) is 16.0 Å². The summed E-state index contributed by atoms with van der Waals surface area (Å²) >= 11 is 0. The van der Waals surface area contributed by atoms with Crippen LogP contribution in [0.15, 0.2) is 66.3 Å². The second-order valence-electron chi connectivity index (χ2n) is 10.4. The molecule has 1 fully saturated rings. The summed E-state index contributed by atoms with van der Waals surface area (Å²) in [5, 5.41) is 13.7. The van der Waals surface area contributed by atoms with E-state index in [0.717, 1.165) is 24.8 Å². The Morgan fingerprint density at radius 1 is 1.09 bits per heavy atom. The zero-order chi connectivity index (χ0) is 23.6. The fraction of sp³-hybridized carbons (Fsp3) is 0.517. The van der Waals surface area contributed by atoms with Crippen molar-refractivity contribution in [1.29, 1.82) is 0 Å². The number of carbonyl (C=O) groups excluding carboxylic acids is 2. The summed E-state index contributed by atoms with van der Waals surface area (Å²) in [6.07, 6.45) is 13.0. The highest BCUT2D eigenvalue weighted by molar-refractivity contribution is 6.13. The van der Waals surface area contributed by atoms with Gasteiger partial charge >= 0.3 is 0 Å². The van der Waals surface area contributed by atoms with Crippen LogP contribution >= 0.6 is 0 Å². The van der Waals surface area contributed by atoms with Crippen molar-refractivity contribution in [3.8, 4) is 0 Å². The van der Waals surface area contributed by atoms with E-state index in [2.05, 4.69) is 56.4 Å². The summed E-state index contributed by atoms with van der Waals surface area (Å²) in [6.45, 7) is 6.49. The SMILES string of the molecule is CC1=C[C@@H]2/C=C/C[C@H](C)CCC[C@@H](O)/C=C/C(=O)[C@]23C(=O)N[C@@H](Cc2ccccc2)[C@@H]3[C@@H]1C. The highest BCUT2D eigenvalue weighted by atomic mass is 16.3. The van der Waals surface area contributed by atoms with Crippen molar-refractivity contribution in [1.82, 2.24) is 5.32 Å². The van der Waals surface area contributed by atoms with E-state index in [0.29, 0.717) is 18.8 Å². The van der Waals surface area contributed by atoms with Crippen LogP contribution in [0.2, 0.25) is 0 Å². The van der Waals surface area contributed by atoms with Gasteiger partial charge in [-0.1, -0.05) is 86.9 Å². The maximum atomic E-state index is 13.9. The van der Waals surface area contributed by atoms with Crippen molar-refractivity contribution < 1.29 is 14.7 Å². The molecular weight excluding hydrogens is 410 g/mol. The van der Waals surface area contributed by atoms with E-state index in [1.807, 2.05) is 18.2 Å². The summed E-state index contributed by atoms with van der Waals surface area (Å²) < 4.78 is 0. The summed E-state index contributed by atoms with van der Waals surface area (Å²) in [5.41, 5.74) is 1.21. The Kier molecular flexibility index (Phi) is 7.04. The third-order valence-electron chi connectivity index (χ3n) is 8.13. The largest absolute Gasteiger partial charge is 0.389 e. The number of allylic oxidation sites excluding steroid dienone is 5. The van der Waals surface area contributed by atoms with E-state index in [1.165, 1.54) is 11.6 Å². The molecule has 0 saturated carbocycles. The first-order chi connectivity index (χ1) is 15.8. The van der Waals surface area contributed by atoms with E-state index in [9.17, 15) is 14.7 Å². The second-order valence-corrected chi connectivity index (χ2v) is 10.4. The van der Waals surface area contributed by atoms with Gasteiger partial charge in [0.05, 0.1) is 6.10 Å². The monoisotopic (exact) mass is 447 g/mol. The maximum Gasteiger partial charge on any atom is 0.235 e. The second kappa shape index (κ2) is 9.80. The van der Waals surface area contributed by atoms with Gasteiger partial charge in [0.25, 0.3) is 0 Å². The summed E-state index contributed by atoms with van der Waals surface area (Å²) in [4.78, 5) is 27.7. The Morgan fingerprint density at radius 2 is 1.85 bits per heavy atom. The number of aliphatic hydroxyl groups is 1. The molecule has 0 aromatic heterocycles. The standard InChI is InChI=1S/C29H37NO3/c1-19-9-7-13-23-17-20(2)21(3)27-25(18-22-11-5-4-6-12-22)30-28(33)29(23,27)26(32)16-15-24(31)14-8-10-19/h4-7,11-13,15-17,19,21,23-25,27,31H,8-10,14,18H2,1-3H3,(H,30,33)/b13-7+,16-15+/t19-,21+,23-,24+,25-,27-,29+/m0/s1. The smallest absolute Gasteiger partial charge is 0.235 e. The van der Waals surface area contributed by atoms with Gasteiger partial charge in [0.1, 0.15) is 5.41 Å². The number of carbonyl (C=O) groups is 2. The first-order valence-electron chi connectivity index (χ1n) is 12.4. The molecule has 1 aromatic rings. The fourth-order valence-corrected chi connectivity index (χ4v) is 6.19. The number of rotatable bonds is 2. The number of ketones is 1. The number of aliphatic hydroxyl groups excluding tert-OH is 1. The van der Waals surface area contributed by atoms with Crippen LogP contribution < -0.4 is 5.32 Å². The zero-order valence-corrected chi connectivity index (χ0v) is 20.0. The molecule has 1 aliphatic heterocycles. The minimum Gasteiger partial charge on any atom is -0.389 e. The minimum absolute atomic E-state index is 0.0965. The van der Waals surface area contributed by atoms with Gasteiger partial charge in [0.2, 0.25) is 5.91 Å². The molecule has 7 atom stereocenters. The van der Waals surface area contributed by atoms with Crippen LogP contribution in [0, 0.1) is 29.1 Å². The maximum absolute atomic E-state index is 13.9. The molecule has 4 rings (SSSR count). The Bertz CT molecular complexity index is 962. The first kappa shape index (κ1) is 23.7. The molecule has 0 radical (unpaired) electrons. The lowest BCUT2D eigenvalue weighted by Gasteiger charge is -2.44. The highest BCUT2D eigenvalue weighted by Crippen LogP contribution is 2.54. The molecule has 2 N–H and O–H groups in total. The lowest BCUT2D eigenvalue weighted by Crippen LogP contribution is -2.51. The summed E-state index contributed by atoms with van der Waals surface area (Å²) in [7, 11) is 0. The average Bonchev–Trinajstić information content (AvgIpc) is 3.08. The van der Waals surface area contributed by atoms with Crippen LogP contribution in [0.1, 0.15) is 52.0 Å². The molecule has 2 aliphatic carbocycles. The number of hydrogen-bond donors (Lipinski definition) is 2. The molecule has 4 nitrogen and oxygen atoms in total. The first-order valence-corrected chi connectivity index (χ1v) is 12.4. The molecule has 176 valence electrons. The number of nitrogens with one attached hydrogen (secondary N) is 1. The zero-order valence-electron chi connectivity index (χ0n) is 20.0. The van der Waals surface area contributed by atoms with Gasteiger partial charge in [0.15, 0.2) is 5.78 Å². The molecule has 1 amide bonds. The molecule has 33 heavy (non-hydrogen) atoms. The van der Waals surface area contributed by atoms with Gasteiger partial charge in [-0.25, -0.2) is 0 Å². The molecule has 0 bridgehead atoms. The lowest BCUT2D eigenvalue weighted by molar-refractivity contribution is -0.142. The van der Waals surface area contributed by atoms with E-state index in [-0.39, 0.29) is 35.5 Å². The van der Waals surface area contributed by atoms with Gasteiger partial charge in [-0.3, -0.25) is 9.59 Å². The quantitative estimate of drug-likeness (QED) is 0.506. The Hall–Kier alpha value is -2.46. The van der Waals surface area contributed by atoms with Gasteiger partial charge in [-0.15, -0.1) is 0 Å². The van der Waals surface area contributed by atoms with Crippen LogP contribution in [0.5, 0.6) is 0 Å². The van der Waals surface area contributed by atoms with Gasteiger partial charge in [-0.2, -0.15) is 0 Å². The molecule has 1 saturated heterocycles. The van der Waals surface area contributed by atoms with Crippen LogP contribution in [-0.4, -0.2) is 28.9 Å². The minimum atomic E-state index is -1.18. The lowest BCUT2D eigenvalue weighted by atomic mass is 9.55. The summed E-state index contributed by atoms with van der Waals surface area (Å²) in [5.74, 6) is -0.207. The highest BCUT2D eigenvalue weighted by Gasteiger charge is 2.64. The Labute approximate surface area is 197 Å². The van der Waals surface area contributed by atoms with Crippen molar-refractivity contribution in [3.63, 3.8) is 0 Å². The molecule has 1 aromatic carbocycles. The molecule has 3 aliphatic rings. The van der Waals surface area contributed by atoms with E-state index in [4.69, 9.17) is 0 Å². The van der Waals surface area contributed by atoms with Crippen molar-refractivity contribution in [2.75, 3.05) is 0 Å². The number of hydrogen-bond acceptors (Lipinski definition) is 3. The molecule has 1 spiro atoms. The number of amides is 1. The van der Waals surface area contributed by atoms with Crippen LogP contribution in [0.25, 0.3) is 0 Å². The Morgan fingerprint density at radius 3 is 2.61 bits per heavy atom. The molecule has 1 heterocycles. The predicted molar refractivity (Wildman–Crippen MR) is 131 cm³/mol. The van der Waals surface area contributed by atoms with E-state index < -0.39 is 11.5 Å². The normalized spacial score (nSPS) is 39.1. The number of benzene rings is 1. The van der Waals surface area contributed by atoms with E-state index in [1.54, 1.807) is 6.08 Å². The average molecular weight is 448 g/mol. The molecule has 0 unspecified atom stereocenters. The van der Waals surface area contributed by atoms with Crippen molar-refractivity contribution in [2.45, 2.75) is 65.0 Å². The Balaban J connectivity index is 1.80. The van der Waals surface area contributed by atoms with Crippen molar-refractivity contribution >= 4 is 11.7 Å². The van der Waals surface area contributed by atoms with Crippen molar-refractivity contribution in [2.24, 2.45) is 29.1 Å². The van der Waals surface area contributed by atoms with Crippen LogP contribution in [0.4, 0.5) is 0 Å². The molecular formula is C29H37NO3. The molecule has 4 heteroatoms. The van der Waals surface area contributed by atoms with Gasteiger partial charge < -0.3 is 10.4 Å². The third kappa shape index (κ3) is 4.50. The van der Waals surface area contributed by atoms with Gasteiger partial charge in [0, 0.05) is 17.9 Å². The van der Waals surface area contributed by atoms with Crippen LogP contribution in [0.3, 0.4) is 0 Å².